The first-order chi connectivity index (χ1) is 13.2. The van der Waals surface area contributed by atoms with E-state index in [1.165, 1.54) is 4.88 Å². The van der Waals surface area contributed by atoms with Crippen LogP contribution < -0.4 is 15.4 Å². The minimum atomic E-state index is -3.29. The Kier molecular flexibility index (Phi) is 8.69. The molecule has 8 nitrogen and oxygen atoms in total. The molecule has 2 heterocycles. The van der Waals surface area contributed by atoms with Crippen LogP contribution in [-0.2, 0) is 14.8 Å². The Hall–Kier alpha value is -1.20. The van der Waals surface area contributed by atoms with Crippen LogP contribution in [0.4, 0.5) is 0 Å². The van der Waals surface area contributed by atoms with Crippen molar-refractivity contribution in [1.29, 1.82) is 0 Å². The van der Waals surface area contributed by atoms with Gasteiger partial charge >= 0.3 is 0 Å². The second-order valence-corrected chi connectivity index (χ2v) is 10.2. The van der Waals surface area contributed by atoms with Gasteiger partial charge in [0.15, 0.2) is 5.96 Å². The lowest BCUT2D eigenvalue weighted by Gasteiger charge is -2.34. The maximum atomic E-state index is 11.5. The minimum Gasteiger partial charge on any atom is -0.379 e. The zero-order chi connectivity index (χ0) is 20.6. The summed E-state index contributed by atoms with van der Waals surface area (Å²) in [6.45, 7) is 10.7. The highest BCUT2D eigenvalue weighted by Gasteiger charge is 2.24. The Morgan fingerprint density at radius 3 is 2.64 bits per heavy atom. The molecule has 3 N–H and O–H groups in total. The number of hydrogen-bond acceptors (Lipinski definition) is 6. The third kappa shape index (κ3) is 8.04. The second-order valence-electron chi connectivity index (χ2n) is 7.51. The lowest BCUT2D eigenvalue weighted by Crippen LogP contribution is -2.48. The number of rotatable bonds is 9. The fourth-order valence-electron chi connectivity index (χ4n) is 3.13. The molecule has 1 atom stereocenters. The van der Waals surface area contributed by atoms with Crippen molar-refractivity contribution in [2.45, 2.75) is 32.4 Å². The van der Waals surface area contributed by atoms with Gasteiger partial charge in [0, 0.05) is 36.6 Å². The molecule has 0 spiro atoms. The second kappa shape index (κ2) is 10.5. The van der Waals surface area contributed by atoms with Crippen LogP contribution in [0.15, 0.2) is 22.5 Å². The molecule has 10 heteroatoms. The third-order valence-corrected chi connectivity index (χ3v) is 6.16. The Morgan fingerprint density at radius 2 is 2.07 bits per heavy atom. The molecule has 1 aliphatic rings. The summed E-state index contributed by atoms with van der Waals surface area (Å²) in [5.41, 5.74) is -0.659. The molecule has 0 bridgehead atoms. The molecule has 0 amide bonds. The summed E-state index contributed by atoms with van der Waals surface area (Å²) in [7, 11) is -3.29. The summed E-state index contributed by atoms with van der Waals surface area (Å²) < 4.78 is 31.2. The van der Waals surface area contributed by atoms with E-state index in [1.807, 2.05) is 20.8 Å². The van der Waals surface area contributed by atoms with Gasteiger partial charge in [-0.05, 0) is 32.2 Å². The molecule has 1 aliphatic heterocycles. The van der Waals surface area contributed by atoms with Crippen LogP contribution in [0.2, 0.25) is 0 Å². The molecule has 0 aromatic carbocycles. The Balaban J connectivity index is 2.04. The van der Waals surface area contributed by atoms with Crippen molar-refractivity contribution in [2.75, 3.05) is 52.2 Å². The number of nitrogens with zero attached hydrogens (tertiary/aromatic N) is 2. The SMILES string of the molecule is CCNC(=NCC(C)(C)NS(C)(=O)=O)NCC(c1cccs1)N1CCOCC1. The normalized spacial score (nSPS) is 18.1. The number of hydrogen-bond donors (Lipinski definition) is 3. The molecule has 0 aliphatic carbocycles. The van der Waals surface area contributed by atoms with Crippen LogP contribution in [0.1, 0.15) is 31.7 Å². The van der Waals surface area contributed by atoms with Crippen molar-refractivity contribution in [3.05, 3.63) is 22.4 Å². The van der Waals surface area contributed by atoms with Crippen molar-refractivity contribution < 1.29 is 13.2 Å². The Bertz CT molecular complexity index is 714. The van der Waals surface area contributed by atoms with Crippen LogP contribution in [0, 0.1) is 0 Å². The predicted molar refractivity (Wildman–Crippen MR) is 115 cm³/mol. The highest BCUT2D eigenvalue weighted by molar-refractivity contribution is 7.88. The van der Waals surface area contributed by atoms with Gasteiger partial charge < -0.3 is 15.4 Å². The maximum Gasteiger partial charge on any atom is 0.209 e. The zero-order valence-electron chi connectivity index (χ0n) is 17.2. The van der Waals surface area contributed by atoms with Crippen molar-refractivity contribution in [3.63, 3.8) is 0 Å². The van der Waals surface area contributed by atoms with E-state index in [-0.39, 0.29) is 6.04 Å². The molecule has 1 fully saturated rings. The van der Waals surface area contributed by atoms with Crippen LogP contribution in [0.3, 0.4) is 0 Å². The minimum absolute atomic E-state index is 0.245. The van der Waals surface area contributed by atoms with Gasteiger partial charge in [-0.15, -0.1) is 11.3 Å². The number of morpholine rings is 1. The van der Waals surface area contributed by atoms with Crippen molar-refractivity contribution >= 4 is 27.3 Å². The van der Waals surface area contributed by atoms with Gasteiger partial charge in [-0.1, -0.05) is 6.07 Å². The number of sulfonamides is 1. The smallest absolute Gasteiger partial charge is 0.209 e. The Morgan fingerprint density at radius 1 is 1.36 bits per heavy atom. The van der Waals surface area contributed by atoms with E-state index >= 15 is 0 Å². The summed E-state index contributed by atoms with van der Waals surface area (Å²) in [6.07, 6.45) is 1.16. The number of thiophene rings is 1. The lowest BCUT2D eigenvalue weighted by atomic mass is 10.1. The largest absolute Gasteiger partial charge is 0.379 e. The van der Waals surface area contributed by atoms with Gasteiger partial charge in [0.05, 0.1) is 32.1 Å². The van der Waals surface area contributed by atoms with E-state index in [9.17, 15) is 8.42 Å². The average Bonchev–Trinajstić information content (AvgIpc) is 3.13. The standard InChI is InChI=1S/C18H33N5O3S2/c1-5-19-17(21-14-18(2,3)22-28(4,24)25)20-13-15(16-7-6-12-27-16)23-8-10-26-11-9-23/h6-7,12,15,22H,5,8-11,13-14H2,1-4H3,(H2,19,20,21). The monoisotopic (exact) mass is 431 g/mol. The van der Waals surface area contributed by atoms with Crippen LogP contribution >= 0.6 is 11.3 Å². The van der Waals surface area contributed by atoms with Crippen LogP contribution in [-0.4, -0.2) is 77.0 Å². The average molecular weight is 432 g/mol. The molecule has 1 aromatic heterocycles. The molecule has 1 unspecified atom stereocenters. The number of guanidine groups is 1. The first kappa shape index (κ1) is 23.1. The molecule has 2 rings (SSSR count). The van der Waals surface area contributed by atoms with E-state index in [2.05, 4.69) is 42.8 Å². The maximum absolute atomic E-state index is 11.5. The Labute approximate surface area is 172 Å². The number of nitrogens with one attached hydrogen (secondary N) is 3. The van der Waals surface area contributed by atoms with E-state index < -0.39 is 15.6 Å². The zero-order valence-corrected chi connectivity index (χ0v) is 18.8. The molecule has 1 saturated heterocycles. The van der Waals surface area contributed by atoms with Gasteiger partial charge in [0.1, 0.15) is 0 Å². The molecule has 1 aromatic rings. The highest BCUT2D eigenvalue weighted by Crippen LogP contribution is 2.25. The fraction of sp³-hybridized carbons (Fsp3) is 0.722. The van der Waals surface area contributed by atoms with Gasteiger partial charge in [0.25, 0.3) is 0 Å². The summed E-state index contributed by atoms with van der Waals surface area (Å²) >= 11 is 1.75. The van der Waals surface area contributed by atoms with E-state index in [0.29, 0.717) is 19.0 Å². The van der Waals surface area contributed by atoms with E-state index in [0.717, 1.165) is 39.1 Å². The lowest BCUT2D eigenvalue weighted by molar-refractivity contribution is 0.0177. The first-order valence-electron chi connectivity index (χ1n) is 9.56. The summed E-state index contributed by atoms with van der Waals surface area (Å²) in [6, 6.07) is 4.48. The van der Waals surface area contributed by atoms with Gasteiger partial charge in [0.2, 0.25) is 10.0 Å². The van der Waals surface area contributed by atoms with Crippen molar-refractivity contribution in [1.82, 2.24) is 20.3 Å². The van der Waals surface area contributed by atoms with Crippen molar-refractivity contribution in [3.8, 4) is 0 Å². The van der Waals surface area contributed by atoms with Crippen molar-refractivity contribution in [2.24, 2.45) is 4.99 Å². The predicted octanol–water partition coefficient (Wildman–Crippen LogP) is 1.00. The van der Waals surface area contributed by atoms with Gasteiger partial charge in [-0.3, -0.25) is 9.89 Å². The summed E-state index contributed by atoms with van der Waals surface area (Å²) in [4.78, 5) is 8.34. The summed E-state index contributed by atoms with van der Waals surface area (Å²) in [5, 5.41) is 8.77. The quantitative estimate of drug-likeness (QED) is 0.399. The highest BCUT2D eigenvalue weighted by atomic mass is 32.2. The molecule has 0 radical (unpaired) electrons. The third-order valence-electron chi connectivity index (χ3n) is 4.26. The van der Waals surface area contributed by atoms with Gasteiger partial charge in [-0.25, -0.2) is 13.1 Å². The van der Waals surface area contributed by atoms with E-state index in [1.54, 1.807) is 11.3 Å². The fourth-order valence-corrected chi connectivity index (χ4v) is 5.05. The van der Waals surface area contributed by atoms with Crippen LogP contribution in [0.5, 0.6) is 0 Å². The number of ether oxygens (including phenoxy) is 1. The molecular formula is C18H33N5O3S2. The summed E-state index contributed by atoms with van der Waals surface area (Å²) in [5.74, 6) is 0.681. The van der Waals surface area contributed by atoms with Gasteiger partial charge in [-0.2, -0.15) is 0 Å². The van der Waals surface area contributed by atoms with Crippen LogP contribution in [0.25, 0.3) is 0 Å². The topological polar surface area (TPSA) is 95.1 Å². The first-order valence-corrected chi connectivity index (χ1v) is 12.3. The molecule has 0 saturated carbocycles. The molecule has 160 valence electrons. The van der Waals surface area contributed by atoms with E-state index in [4.69, 9.17) is 4.74 Å². The number of aliphatic imine (C=N–C) groups is 1. The molecule has 28 heavy (non-hydrogen) atoms. The molecular weight excluding hydrogens is 398 g/mol.